The standard InChI is InChI=1S/C14H19BrN4O2/c1-9(16)4-10-5-12(15)14(13(6-10)20-3)21-8-11-7-19(2)18-17-11/h5-7,9H,4,8,16H2,1-3H3. The number of ether oxygens (including phenoxy) is 2. The fourth-order valence-corrected chi connectivity index (χ4v) is 2.61. The second-order valence-electron chi connectivity index (χ2n) is 4.96. The van der Waals surface area contributed by atoms with Crippen LogP contribution in [0.1, 0.15) is 18.2 Å². The van der Waals surface area contributed by atoms with E-state index in [4.69, 9.17) is 15.2 Å². The molecular weight excluding hydrogens is 336 g/mol. The second kappa shape index (κ2) is 6.91. The molecule has 1 atom stereocenters. The van der Waals surface area contributed by atoms with Gasteiger partial charge in [0.1, 0.15) is 12.3 Å². The molecule has 0 saturated carbocycles. The number of methoxy groups -OCH3 is 1. The third-order valence-electron chi connectivity index (χ3n) is 2.86. The molecule has 0 spiro atoms. The summed E-state index contributed by atoms with van der Waals surface area (Å²) in [5.74, 6) is 1.32. The minimum atomic E-state index is 0.0907. The highest BCUT2D eigenvalue weighted by atomic mass is 79.9. The Balaban J connectivity index is 2.18. The monoisotopic (exact) mass is 354 g/mol. The first kappa shape index (κ1) is 15.8. The Kier molecular flexibility index (Phi) is 5.19. The van der Waals surface area contributed by atoms with Gasteiger partial charge in [-0.2, -0.15) is 0 Å². The van der Waals surface area contributed by atoms with Crippen molar-refractivity contribution >= 4 is 15.9 Å². The van der Waals surface area contributed by atoms with Crippen molar-refractivity contribution < 1.29 is 9.47 Å². The number of rotatable bonds is 6. The van der Waals surface area contributed by atoms with Gasteiger partial charge >= 0.3 is 0 Å². The predicted octanol–water partition coefficient (Wildman–Crippen LogP) is 2.05. The lowest BCUT2D eigenvalue weighted by Gasteiger charge is -2.14. The zero-order chi connectivity index (χ0) is 15.4. The molecule has 0 bridgehead atoms. The minimum absolute atomic E-state index is 0.0907. The van der Waals surface area contributed by atoms with Crippen LogP contribution in [0.5, 0.6) is 11.5 Å². The molecule has 1 aromatic heterocycles. The van der Waals surface area contributed by atoms with Crippen molar-refractivity contribution in [3.05, 3.63) is 34.1 Å². The molecule has 0 aliphatic carbocycles. The average molecular weight is 355 g/mol. The Hall–Kier alpha value is -1.60. The molecule has 0 aliphatic rings. The van der Waals surface area contributed by atoms with Gasteiger partial charge < -0.3 is 15.2 Å². The molecule has 0 aliphatic heterocycles. The van der Waals surface area contributed by atoms with Gasteiger partial charge in [-0.1, -0.05) is 5.21 Å². The molecule has 2 rings (SSSR count). The highest BCUT2D eigenvalue weighted by Crippen LogP contribution is 2.37. The molecule has 0 amide bonds. The quantitative estimate of drug-likeness (QED) is 0.859. The van der Waals surface area contributed by atoms with Crippen molar-refractivity contribution in [2.45, 2.75) is 26.0 Å². The van der Waals surface area contributed by atoms with Gasteiger partial charge in [0.15, 0.2) is 11.5 Å². The number of aryl methyl sites for hydroxylation is 1. The molecule has 7 heteroatoms. The molecule has 1 unspecified atom stereocenters. The Morgan fingerprint density at radius 2 is 2.19 bits per heavy atom. The van der Waals surface area contributed by atoms with Crippen LogP contribution >= 0.6 is 15.9 Å². The van der Waals surface area contributed by atoms with E-state index < -0.39 is 0 Å². The maximum Gasteiger partial charge on any atom is 0.175 e. The highest BCUT2D eigenvalue weighted by Gasteiger charge is 2.13. The van der Waals surface area contributed by atoms with Gasteiger partial charge in [0.05, 0.1) is 17.8 Å². The van der Waals surface area contributed by atoms with Gasteiger partial charge in [0.2, 0.25) is 0 Å². The average Bonchev–Trinajstić information content (AvgIpc) is 2.82. The van der Waals surface area contributed by atoms with Crippen LogP contribution in [0.4, 0.5) is 0 Å². The van der Waals surface area contributed by atoms with Crippen LogP contribution in [0, 0.1) is 0 Å². The van der Waals surface area contributed by atoms with Gasteiger partial charge in [-0.3, -0.25) is 4.68 Å². The Morgan fingerprint density at radius 3 is 2.76 bits per heavy atom. The van der Waals surface area contributed by atoms with Crippen LogP contribution in [0.3, 0.4) is 0 Å². The summed E-state index contributed by atoms with van der Waals surface area (Å²) in [5, 5.41) is 7.86. The molecule has 21 heavy (non-hydrogen) atoms. The fraction of sp³-hybridized carbons (Fsp3) is 0.429. The first-order valence-electron chi connectivity index (χ1n) is 6.59. The molecule has 1 heterocycles. The summed E-state index contributed by atoms with van der Waals surface area (Å²) in [7, 11) is 3.43. The Labute approximate surface area is 132 Å². The maximum atomic E-state index is 5.84. The van der Waals surface area contributed by atoms with E-state index in [2.05, 4.69) is 26.2 Å². The van der Waals surface area contributed by atoms with Crippen molar-refractivity contribution in [3.8, 4) is 11.5 Å². The summed E-state index contributed by atoms with van der Waals surface area (Å²) in [6, 6.07) is 4.03. The van der Waals surface area contributed by atoms with E-state index in [9.17, 15) is 0 Å². The SMILES string of the molecule is COc1cc(CC(C)N)cc(Br)c1OCc1cn(C)nn1. The van der Waals surface area contributed by atoms with Gasteiger partial charge in [-0.05, 0) is 47.0 Å². The van der Waals surface area contributed by atoms with E-state index in [-0.39, 0.29) is 6.04 Å². The van der Waals surface area contributed by atoms with Crippen molar-refractivity contribution in [3.63, 3.8) is 0 Å². The minimum Gasteiger partial charge on any atom is -0.493 e. The van der Waals surface area contributed by atoms with E-state index in [1.807, 2.05) is 32.3 Å². The summed E-state index contributed by atoms with van der Waals surface area (Å²) < 4.78 is 13.7. The molecule has 1 aromatic carbocycles. The van der Waals surface area contributed by atoms with Crippen LogP contribution in [0.2, 0.25) is 0 Å². The van der Waals surface area contributed by atoms with Crippen molar-refractivity contribution in [1.29, 1.82) is 0 Å². The zero-order valence-electron chi connectivity index (χ0n) is 12.3. The summed E-state index contributed by atoms with van der Waals surface area (Å²) in [6.07, 6.45) is 2.59. The Bertz CT molecular complexity index is 613. The topological polar surface area (TPSA) is 75.2 Å². The second-order valence-corrected chi connectivity index (χ2v) is 5.82. The van der Waals surface area contributed by atoms with Gasteiger partial charge in [0, 0.05) is 13.1 Å². The van der Waals surface area contributed by atoms with Crippen molar-refractivity contribution in [1.82, 2.24) is 15.0 Å². The van der Waals surface area contributed by atoms with E-state index in [1.54, 1.807) is 11.8 Å². The normalized spacial score (nSPS) is 12.2. The van der Waals surface area contributed by atoms with E-state index in [0.717, 1.165) is 22.2 Å². The van der Waals surface area contributed by atoms with E-state index >= 15 is 0 Å². The summed E-state index contributed by atoms with van der Waals surface area (Å²) in [6.45, 7) is 2.30. The number of hydrogen-bond donors (Lipinski definition) is 1. The van der Waals surface area contributed by atoms with E-state index in [1.165, 1.54) is 0 Å². The molecule has 2 N–H and O–H groups in total. The van der Waals surface area contributed by atoms with Crippen LogP contribution in [0.15, 0.2) is 22.8 Å². The van der Waals surface area contributed by atoms with Crippen molar-refractivity contribution in [2.75, 3.05) is 7.11 Å². The molecule has 114 valence electrons. The molecule has 0 fully saturated rings. The summed E-state index contributed by atoms with van der Waals surface area (Å²) >= 11 is 3.52. The first-order valence-corrected chi connectivity index (χ1v) is 7.39. The van der Waals surface area contributed by atoms with Gasteiger partial charge in [-0.25, -0.2) is 0 Å². The lowest BCUT2D eigenvalue weighted by molar-refractivity contribution is 0.278. The molecule has 0 radical (unpaired) electrons. The summed E-state index contributed by atoms with van der Waals surface area (Å²) in [4.78, 5) is 0. The fourth-order valence-electron chi connectivity index (χ4n) is 2.01. The maximum absolute atomic E-state index is 5.84. The third-order valence-corrected chi connectivity index (χ3v) is 3.45. The lowest BCUT2D eigenvalue weighted by Crippen LogP contribution is -2.17. The van der Waals surface area contributed by atoms with Crippen LogP contribution in [0.25, 0.3) is 0 Å². The van der Waals surface area contributed by atoms with Gasteiger partial charge in [0.25, 0.3) is 0 Å². The summed E-state index contributed by atoms with van der Waals surface area (Å²) in [5.41, 5.74) is 7.69. The molecule has 6 nitrogen and oxygen atoms in total. The Morgan fingerprint density at radius 1 is 1.43 bits per heavy atom. The largest absolute Gasteiger partial charge is 0.493 e. The number of hydrogen-bond acceptors (Lipinski definition) is 5. The number of nitrogens with two attached hydrogens (primary N) is 1. The lowest BCUT2D eigenvalue weighted by atomic mass is 10.1. The van der Waals surface area contributed by atoms with Crippen LogP contribution in [-0.2, 0) is 20.1 Å². The molecular formula is C14H19BrN4O2. The number of benzene rings is 1. The molecule has 0 saturated heterocycles. The highest BCUT2D eigenvalue weighted by molar-refractivity contribution is 9.10. The number of halogens is 1. The molecule has 2 aromatic rings. The number of nitrogens with zero attached hydrogens (tertiary/aromatic N) is 3. The van der Waals surface area contributed by atoms with Crippen LogP contribution < -0.4 is 15.2 Å². The number of aromatic nitrogens is 3. The smallest absolute Gasteiger partial charge is 0.175 e. The third kappa shape index (κ3) is 4.18. The van der Waals surface area contributed by atoms with Crippen molar-refractivity contribution in [2.24, 2.45) is 12.8 Å². The predicted molar refractivity (Wildman–Crippen MR) is 83.4 cm³/mol. The first-order chi connectivity index (χ1) is 9.99. The van der Waals surface area contributed by atoms with Crippen LogP contribution in [-0.4, -0.2) is 28.1 Å². The van der Waals surface area contributed by atoms with E-state index in [0.29, 0.717) is 18.1 Å². The van der Waals surface area contributed by atoms with Gasteiger partial charge in [-0.15, -0.1) is 5.10 Å². The zero-order valence-corrected chi connectivity index (χ0v) is 13.9.